The Labute approximate surface area is 287 Å². The number of nitrogens with zero attached hydrogens (tertiary/aromatic N) is 2. The molecule has 4 N–H and O–H groups in total. The Balaban J connectivity index is 2.00. The van der Waals surface area contributed by atoms with Crippen LogP contribution in [0.25, 0.3) is 11.1 Å². The third kappa shape index (κ3) is 11.8. The zero-order chi connectivity index (χ0) is 35.4. The number of carboxylic acid groups (broad SMARTS) is 1. The van der Waals surface area contributed by atoms with E-state index < -0.39 is 50.0 Å². The Kier molecular flexibility index (Phi) is 14.7. The van der Waals surface area contributed by atoms with Gasteiger partial charge in [-0.2, -0.15) is 0 Å². The zero-order valence-electron chi connectivity index (χ0n) is 28.3. The number of aliphatic carboxylic acids is 1. The number of carbonyl (C=O) groups is 3. The van der Waals surface area contributed by atoms with E-state index in [0.29, 0.717) is 25.1 Å². The number of benzene rings is 2. The lowest BCUT2D eigenvalue weighted by atomic mass is 9.83. The largest absolute Gasteiger partial charge is 0.480 e. The number of aromatic nitrogens is 1. The lowest BCUT2D eigenvalue weighted by Crippen LogP contribution is -2.44. The minimum atomic E-state index is -1.15. The maximum Gasteiger partial charge on any atom is 0.407 e. The van der Waals surface area contributed by atoms with Gasteiger partial charge in [-0.25, -0.2) is 13.6 Å². The maximum absolute atomic E-state index is 15.1. The van der Waals surface area contributed by atoms with Gasteiger partial charge in [0.15, 0.2) is 0 Å². The number of hydrogen-bond donors (Lipinski definition) is 3. The van der Waals surface area contributed by atoms with Crippen molar-refractivity contribution in [1.29, 1.82) is 0 Å². The van der Waals surface area contributed by atoms with Crippen LogP contribution in [0.1, 0.15) is 44.5 Å². The molecule has 0 bridgehead atoms. The van der Waals surface area contributed by atoms with Gasteiger partial charge in [-0.3, -0.25) is 9.59 Å². The topological polar surface area (TPSA) is 127 Å². The average Bonchev–Trinajstić information content (AvgIpc) is 3.41. The van der Waals surface area contributed by atoms with E-state index in [4.69, 9.17) is 10.5 Å². The van der Waals surface area contributed by atoms with Crippen molar-refractivity contribution in [3.05, 3.63) is 83.7 Å². The van der Waals surface area contributed by atoms with E-state index in [1.165, 1.54) is 0 Å². The first-order valence-electron chi connectivity index (χ1n) is 15.9. The number of amides is 2. The average molecular weight is 702 g/mol. The van der Waals surface area contributed by atoms with Gasteiger partial charge in [-0.1, -0.05) is 64.2 Å². The molecule has 2 atom stereocenters. The smallest absolute Gasteiger partial charge is 0.407 e. The van der Waals surface area contributed by atoms with E-state index in [2.05, 4.69) is 18.4 Å². The number of alkyl carbamates (subject to hydrolysis) is 1. The summed E-state index contributed by atoms with van der Waals surface area (Å²) in [6.07, 6.45) is 1.67. The number of halogens is 2. The molecule has 0 aliphatic rings. The number of rotatable bonds is 17. The molecule has 0 aliphatic heterocycles. The SMILES string of the molecule is C[Si](C)CCOC(=O)NCCCN(C(=O)CSC[C@H](N)C(=O)O)C(c1cc(-c2cc(F)ccc2F)cn1Cc1ccccc1)C(C)(C)C. The summed E-state index contributed by atoms with van der Waals surface area (Å²) in [6, 6.07) is 14.0. The fourth-order valence-electron chi connectivity index (χ4n) is 5.28. The molecule has 13 heteroatoms. The number of carboxylic acids is 1. The number of nitrogens with two attached hydrogens (primary N) is 1. The molecule has 9 nitrogen and oxygen atoms in total. The standard InChI is InChI=1S/C35H47F2N4O5SSi/c1-35(2,3)32(30-18-25(27-19-26(36)12-13-28(27)37)21-40(30)20-24-10-7-6-8-11-24)41(31(42)23-47-22-29(38)33(43)44)15-9-14-39-34(45)46-16-17-48(4)5/h6-8,10-13,18-19,21,29,32H,9,14-17,20,22-23,38H2,1-5H3,(H,39,45)(H,43,44)/t29-,32?/m0/s1. The van der Waals surface area contributed by atoms with Crippen molar-refractivity contribution in [2.45, 2.75) is 65.0 Å². The van der Waals surface area contributed by atoms with Gasteiger partial charge < -0.3 is 30.4 Å². The van der Waals surface area contributed by atoms with Crippen LogP contribution >= 0.6 is 11.8 Å². The van der Waals surface area contributed by atoms with Gasteiger partial charge in [-0.05, 0) is 47.7 Å². The van der Waals surface area contributed by atoms with Gasteiger partial charge in [0.25, 0.3) is 0 Å². The zero-order valence-corrected chi connectivity index (χ0v) is 30.1. The van der Waals surface area contributed by atoms with Crippen LogP contribution in [0.3, 0.4) is 0 Å². The molecule has 48 heavy (non-hydrogen) atoms. The third-order valence-corrected chi connectivity index (χ3v) is 9.87. The second-order valence-corrected chi connectivity index (χ2v) is 17.0. The second-order valence-electron chi connectivity index (χ2n) is 13.1. The molecule has 3 aromatic rings. The van der Waals surface area contributed by atoms with Crippen LogP contribution < -0.4 is 11.1 Å². The number of nitrogens with one attached hydrogen (secondary N) is 1. The number of hydrogen-bond acceptors (Lipinski definition) is 6. The minimum Gasteiger partial charge on any atom is -0.480 e. The molecule has 1 radical (unpaired) electrons. The highest BCUT2D eigenvalue weighted by Crippen LogP contribution is 2.41. The fraction of sp³-hybridized carbons (Fsp3) is 0.457. The fourth-order valence-corrected chi connectivity index (χ4v) is 6.64. The summed E-state index contributed by atoms with van der Waals surface area (Å²) in [6.45, 7) is 11.6. The molecule has 1 aromatic heterocycles. The summed E-state index contributed by atoms with van der Waals surface area (Å²) in [7, 11) is -0.519. The Hall–Kier alpha value is -3.68. The van der Waals surface area contributed by atoms with Crippen molar-refractivity contribution in [3.63, 3.8) is 0 Å². The molecular weight excluding hydrogens is 655 g/mol. The summed E-state index contributed by atoms with van der Waals surface area (Å²) in [5.74, 6) is -2.50. The number of ether oxygens (including phenoxy) is 1. The first-order chi connectivity index (χ1) is 22.7. The van der Waals surface area contributed by atoms with E-state index in [1.54, 1.807) is 17.2 Å². The van der Waals surface area contributed by atoms with E-state index in [9.17, 15) is 23.9 Å². The Morgan fingerprint density at radius 2 is 1.81 bits per heavy atom. The van der Waals surface area contributed by atoms with Crippen molar-refractivity contribution in [3.8, 4) is 11.1 Å². The molecule has 1 unspecified atom stereocenters. The monoisotopic (exact) mass is 701 g/mol. The van der Waals surface area contributed by atoms with Crippen molar-refractivity contribution in [2.75, 3.05) is 31.2 Å². The van der Waals surface area contributed by atoms with E-state index in [0.717, 1.165) is 47.3 Å². The van der Waals surface area contributed by atoms with E-state index >= 15 is 4.39 Å². The Morgan fingerprint density at radius 1 is 1.10 bits per heavy atom. The normalized spacial score (nSPS) is 12.9. The highest BCUT2D eigenvalue weighted by molar-refractivity contribution is 8.00. The molecule has 0 saturated carbocycles. The van der Waals surface area contributed by atoms with Crippen molar-refractivity contribution in [2.24, 2.45) is 11.1 Å². The summed E-state index contributed by atoms with van der Waals surface area (Å²) >= 11 is 1.13. The van der Waals surface area contributed by atoms with Gasteiger partial charge in [0, 0.05) is 57.2 Å². The van der Waals surface area contributed by atoms with Crippen LogP contribution in [0.15, 0.2) is 60.8 Å². The van der Waals surface area contributed by atoms with Crippen LogP contribution in [-0.2, 0) is 20.9 Å². The van der Waals surface area contributed by atoms with Gasteiger partial charge in [0.05, 0.1) is 18.4 Å². The predicted octanol–water partition coefficient (Wildman–Crippen LogP) is 6.41. The Morgan fingerprint density at radius 3 is 2.46 bits per heavy atom. The van der Waals surface area contributed by atoms with Crippen LogP contribution in [0.4, 0.5) is 13.6 Å². The summed E-state index contributed by atoms with van der Waals surface area (Å²) in [5.41, 5.74) is 7.42. The third-order valence-electron chi connectivity index (χ3n) is 7.62. The van der Waals surface area contributed by atoms with Gasteiger partial charge in [-0.15, -0.1) is 11.8 Å². The van der Waals surface area contributed by atoms with Gasteiger partial charge >= 0.3 is 12.1 Å². The molecule has 0 aliphatic carbocycles. The van der Waals surface area contributed by atoms with Crippen LogP contribution in [0.2, 0.25) is 19.1 Å². The van der Waals surface area contributed by atoms with Crippen LogP contribution in [-0.4, -0.2) is 78.6 Å². The van der Waals surface area contributed by atoms with E-state index in [-0.39, 0.29) is 36.1 Å². The van der Waals surface area contributed by atoms with Crippen molar-refractivity contribution < 1.29 is 33.0 Å². The molecule has 0 spiro atoms. The maximum atomic E-state index is 15.1. The van der Waals surface area contributed by atoms with Gasteiger partial charge in [0.1, 0.15) is 17.7 Å². The minimum absolute atomic E-state index is 0.0220. The summed E-state index contributed by atoms with van der Waals surface area (Å²) in [4.78, 5) is 39.3. The summed E-state index contributed by atoms with van der Waals surface area (Å²) < 4.78 is 36.6. The molecule has 3 rings (SSSR count). The lowest BCUT2D eigenvalue weighted by Gasteiger charge is -2.41. The van der Waals surface area contributed by atoms with Gasteiger partial charge in [0.2, 0.25) is 5.91 Å². The summed E-state index contributed by atoms with van der Waals surface area (Å²) in [5, 5.41) is 12.0. The second kappa shape index (κ2) is 18.2. The molecule has 2 amide bonds. The first-order valence-corrected chi connectivity index (χ1v) is 19.8. The first kappa shape index (κ1) is 38.8. The Bertz CT molecular complexity index is 1520. The molecule has 0 saturated heterocycles. The lowest BCUT2D eigenvalue weighted by molar-refractivity contribution is -0.138. The highest BCUT2D eigenvalue weighted by atomic mass is 32.2. The molecule has 0 fully saturated rings. The molecule has 1 heterocycles. The number of carbonyl (C=O) groups excluding carboxylic acids is 2. The number of thioether (sulfide) groups is 1. The van der Waals surface area contributed by atoms with E-state index in [1.807, 2.05) is 55.7 Å². The molecule has 2 aromatic carbocycles. The highest BCUT2D eigenvalue weighted by Gasteiger charge is 2.37. The predicted molar refractivity (Wildman–Crippen MR) is 188 cm³/mol. The van der Waals surface area contributed by atoms with Crippen LogP contribution in [0, 0.1) is 17.0 Å². The van der Waals surface area contributed by atoms with Crippen LogP contribution in [0.5, 0.6) is 0 Å². The van der Waals surface area contributed by atoms with Crippen molar-refractivity contribution >= 4 is 38.5 Å². The van der Waals surface area contributed by atoms with Crippen molar-refractivity contribution in [1.82, 2.24) is 14.8 Å². The molecular formula is C35H47F2N4O5SSi. The molecule has 261 valence electrons. The quantitative estimate of drug-likeness (QED) is 0.110.